The fourth-order valence-electron chi connectivity index (χ4n) is 6.18. The molecule has 2 aliphatic heterocycles. The van der Waals surface area contributed by atoms with Crippen LogP contribution in [0, 0.1) is 6.92 Å². The molecule has 2 N–H and O–H groups in total. The molecular weight excluding hydrogens is 676 g/mol. The third-order valence-corrected chi connectivity index (χ3v) is 10.6. The molecule has 3 aromatic carbocycles. The van der Waals surface area contributed by atoms with Crippen molar-refractivity contribution >= 4 is 68.0 Å². The number of nitrogens with zero attached hydrogens (tertiary/aromatic N) is 4. The number of urea groups is 1. The highest BCUT2D eigenvalue weighted by Gasteiger charge is 2.60. The van der Waals surface area contributed by atoms with Crippen molar-refractivity contribution in [1.29, 1.82) is 0 Å². The number of rotatable bonds is 7. The number of fused-ring (bicyclic) bond motifs is 1. The van der Waals surface area contributed by atoms with E-state index in [-0.39, 0.29) is 24.3 Å². The van der Waals surface area contributed by atoms with Gasteiger partial charge in [-0.25, -0.2) is 4.79 Å². The van der Waals surface area contributed by atoms with Gasteiger partial charge in [0.1, 0.15) is 4.75 Å². The predicted molar refractivity (Wildman–Crippen MR) is 180 cm³/mol. The Bertz CT molecular complexity index is 1720. The number of thioether (sulfide) groups is 1. The van der Waals surface area contributed by atoms with Crippen LogP contribution in [0.2, 0.25) is 5.02 Å². The number of H-pyrrole nitrogens is 1. The second-order valence-electron chi connectivity index (χ2n) is 11.4. The van der Waals surface area contributed by atoms with E-state index in [1.807, 2.05) is 78.2 Å². The third-order valence-electron chi connectivity index (χ3n) is 8.44. The van der Waals surface area contributed by atoms with Gasteiger partial charge in [0.2, 0.25) is 11.8 Å². The third kappa shape index (κ3) is 6.30. The molecule has 4 aromatic rings. The van der Waals surface area contributed by atoms with Gasteiger partial charge in [0.15, 0.2) is 0 Å². The maximum absolute atomic E-state index is 15.0. The summed E-state index contributed by atoms with van der Waals surface area (Å²) < 4.78 is -0.271. The average molecular weight is 710 g/mol. The average Bonchev–Trinajstić information content (AvgIpc) is 3.56. The van der Waals surface area contributed by atoms with Crippen LogP contribution < -0.4 is 5.32 Å². The van der Waals surface area contributed by atoms with Crippen LogP contribution in [0.5, 0.6) is 0 Å². The fraction of sp³-hybridized carbons (Fsp3) is 0.333. The van der Waals surface area contributed by atoms with E-state index in [4.69, 9.17) is 11.6 Å². The van der Waals surface area contributed by atoms with E-state index in [1.165, 1.54) is 11.8 Å². The number of halogens is 2. The Balaban J connectivity index is 1.46. The largest absolute Gasteiger partial charge is 0.338 e. The molecular formula is C33H34BrClN6O3S. The number of aryl methyl sites for hydroxylation is 1. The fourth-order valence-corrected chi connectivity index (χ4v) is 8.07. The van der Waals surface area contributed by atoms with Gasteiger partial charge in [0.25, 0.3) is 0 Å². The van der Waals surface area contributed by atoms with Crippen molar-refractivity contribution in [2.75, 3.05) is 32.7 Å². The zero-order valence-electron chi connectivity index (χ0n) is 25.1. The Morgan fingerprint density at radius 2 is 1.73 bits per heavy atom. The van der Waals surface area contributed by atoms with E-state index in [1.54, 1.807) is 17.0 Å². The number of benzene rings is 3. The molecule has 4 amide bonds. The number of piperazine rings is 1. The lowest BCUT2D eigenvalue weighted by Crippen LogP contribution is -2.58. The summed E-state index contributed by atoms with van der Waals surface area (Å²) in [7, 11) is 0. The molecule has 0 spiro atoms. The molecule has 0 aliphatic carbocycles. The van der Waals surface area contributed by atoms with Crippen LogP contribution in [0.1, 0.15) is 36.2 Å². The minimum atomic E-state index is -1.21. The lowest BCUT2D eigenvalue weighted by atomic mass is 9.92. The van der Waals surface area contributed by atoms with Gasteiger partial charge in [-0.1, -0.05) is 57.4 Å². The van der Waals surface area contributed by atoms with Crippen LogP contribution in [0.4, 0.5) is 4.79 Å². The Hall–Kier alpha value is -3.54. The highest BCUT2D eigenvalue weighted by atomic mass is 79.9. The number of carbonyl (C=O) groups is 3. The molecule has 0 unspecified atom stereocenters. The van der Waals surface area contributed by atoms with E-state index in [9.17, 15) is 9.59 Å². The van der Waals surface area contributed by atoms with E-state index in [2.05, 4.69) is 31.4 Å². The normalized spacial score (nSPS) is 20.2. The van der Waals surface area contributed by atoms with Gasteiger partial charge in [0, 0.05) is 59.0 Å². The van der Waals surface area contributed by atoms with Crippen molar-refractivity contribution in [2.45, 2.75) is 42.5 Å². The van der Waals surface area contributed by atoms with Crippen molar-refractivity contribution in [2.24, 2.45) is 0 Å². The minimum absolute atomic E-state index is 0.0101. The van der Waals surface area contributed by atoms with E-state index in [0.717, 1.165) is 25.9 Å². The molecule has 45 heavy (non-hydrogen) atoms. The highest BCUT2D eigenvalue weighted by Crippen LogP contribution is 2.54. The first-order valence-corrected chi connectivity index (χ1v) is 16.9. The van der Waals surface area contributed by atoms with Gasteiger partial charge < -0.3 is 20.0 Å². The van der Waals surface area contributed by atoms with Gasteiger partial charge in [-0.05, 0) is 61.9 Å². The monoisotopic (exact) mass is 708 g/mol. The van der Waals surface area contributed by atoms with Crippen LogP contribution in [-0.2, 0) is 16.1 Å². The number of aromatic amines is 1. The van der Waals surface area contributed by atoms with Crippen molar-refractivity contribution in [3.8, 4) is 0 Å². The first-order valence-electron chi connectivity index (χ1n) is 14.9. The lowest BCUT2D eigenvalue weighted by Gasteiger charge is -2.42. The summed E-state index contributed by atoms with van der Waals surface area (Å²) in [6, 6.07) is 20.6. The smallest absolute Gasteiger partial charge is 0.317 e. The Kier molecular flexibility index (Phi) is 9.12. The summed E-state index contributed by atoms with van der Waals surface area (Å²) >= 11 is 11.3. The van der Waals surface area contributed by atoms with E-state index >= 15 is 4.79 Å². The van der Waals surface area contributed by atoms with Gasteiger partial charge in [-0.15, -0.1) is 11.8 Å². The summed E-state index contributed by atoms with van der Waals surface area (Å²) in [5.41, 5.74) is 3.41. The molecule has 3 heterocycles. The molecule has 2 aliphatic rings. The van der Waals surface area contributed by atoms with Gasteiger partial charge in [-0.3, -0.25) is 14.7 Å². The first kappa shape index (κ1) is 31.4. The number of amides is 4. The van der Waals surface area contributed by atoms with E-state index in [0.29, 0.717) is 55.5 Å². The Morgan fingerprint density at radius 1 is 1.04 bits per heavy atom. The summed E-state index contributed by atoms with van der Waals surface area (Å²) in [5, 5.41) is 12.0. The Morgan fingerprint density at radius 3 is 2.42 bits per heavy atom. The molecule has 0 bridgehead atoms. The summed E-state index contributed by atoms with van der Waals surface area (Å²) in [4.78, 5) is 48.0. The summed E-state index contributed by atoms with van der Waals surface area (Å²) in [6.45, 7) is 6.33. The molecule has 1 aromatic heterocycles. The zero-order valence-corrected chi connectivity index (χ0v) is 28.2. The molecule has 2 saturated heterocycles. The highest BCUT2D eigenvalue weighted by molar-refractivity contribution is 9.10. The summed E-state index contributed by atoms with van der Waals surface area (Å²) in [5.74, 6) is -0.245. The van der Waals surface area contributed by atoms with Crippen molar-refractivity contribution in [3.63, 3.8) is 0 Å². The standard InChI is InChI=1S/C33H34BrClN6O3S/c1-3-36-32(44)40-16-14-39(15-17-40)31(43)33(45-25-11-4-21(2)5-12-25)19-28(42)41(20-22-6-8-23(34)9-7-22)30(33)29-26-13-10-24(35)18-27(26)37-38-29/h4-13,18,30H,3,14-17,19-20H2,1-2H3,(H,36,44)(H,37,38)/t30-,33-/m0/s1. The van der Waals surface area contributed by atoms with Crippen LogP contribution in [0.15, 0.2) is 76.1 Å². The van der Waals surface area contributed by atoms with Crippen molar-refractivity contribution < 1.29 is 14.4 Å². The quantitative estimate of drug-likeness (QED) is 0.239. The number of aromatic nitrogens is 2. The number of carbonyl (C=O) groups excluding carboxylic acids is 3. The molecule has 0 saturated carbocycles. The lowest BCUT2D eigenvalue weighted by molar-refractivity contribution is -0.136. The van der Waals surface area contributed by atoms with Gasteiger partial charge in [0.05, 0.1) is 23.7 Å². The molecule has 234 valence electrons. The van der Waals surface area contributed by atoms with Crippen LogP contribution in [0.3, 0.4) is 0 Å². The number of hydrogen-bond donors (Lipinski definition) is 2. The van der Waals surface area contributed by atoms with E-state index < -0.39 is 10.8 Å². The summed E-state index contributed by atoms with van der Waals surface area (Å²) in [6.07, 6.45) is 0.0101. The second-order valence-corrected chi connectivity index (χ2v) is 14.2. The van der Waals surface area contributed by atoms with Crippen LogP contribution >= 0.6 is 39.3 Å². The maximum atomic E-state index is 15.0. The number of hydrogen-bond acceptors (Lipinski definition) is 5. The molecule has 12 heteroatoms. The zero-order chi connectivity index (χ0) is 31.7. The minimum Gasteiger partial charge on any atom is -0.338 e. The number of nitrogens with one attached hydrogen (secondary N) is 2. The topological polar surface area (TPSA) is 102 Å². The molecule has 2 fully saturated rings. The molecule has 9 nitrogen and oxygen atoms in total. The SMILES string of the molecule is CCNC(=O)N1CCN(C(=O)[C@]2(Sc3ccc(C)cc3)CC(=O)N(Cc3ccc(Br)cc3)[C@H]2c2[nH]nc3cc(Cl)ccc23)CC1. The molecule has 6 rings (SSSR count). The number of likely N-dealkylation sites (tertiary alicyclic amines) is 1. The van der Waals surface area contributed by atoms with Crippen LogP contribution in [0.25, 0.3) is 10.9 Å². The van der Waals surface area contributed by atoms with Crippen molar-refractivity contribution in [3.05, 3.63) is 93.0 Å². The van der Waals surface area contributed by atoms with Crippen molar-refractivity contribution in [1.82, 2.24) is 30.2 Å². The van der Waals surface area contributed by atoms with Gasteiger partial charge >= 0.3 is 6.03 Å². The first-order chi connectivity index (χ1) is 21.7. The predicted octanol–water partition coefficient (Wildman–Crippen LogP) is 6.17. The molecule has 0 radical (unpaired) electrons. The van der Waals surface area contributed by atoms with Crippen LogP contribution in [-0.4, -0.2) is 80.2 Å². The maximum Gasteiger partial charge on any atom is 0.317 e. The molecule has 2 atom stereocenters. The van der Waals surface area contributed by atoms with Gasteiger partial charge in [-0.2, -0.15) is 5.10 Å². The second kappa shape index (κ2) is 13.1. The Labute approximate surface area is 279 Å².